The van der Waals surface area contributed by atoms with Crippen LogP contribution in [0.15, 0.2) is 12.1 Å². The molecule has 0 aromatic carbocycles. The Balaban J connectivity index is 2.86. The molecule has 6 nitrogen and oxygen atoms in total. The third-order valence-corrected chi connectivity index (χ3v) is 1.38. The van der Waals surface area contributed by atoms with Crippen molar-refractivity contribution in [1.82, 2.24) is 19.8 Å². The second-order valence-corrected chi connectivity index (χ2v) is 2.16. The Labute approximate surface area is 67.2 Å². The molecule has 2 aromatic heterocycles. The van der Waals surface area contributed by atoms with Gasteiger partial charge >= 0.3 is 0 Å². The highest BCUT2D eigenvalue weighted by Gasteiger charge is 2.03. The maximum Gasteiger partial charge on any atom is 0.256 e. The molecule has 2 aromatic rings. The number of nitrogen functional groups attached to an aromatic ring is 1. The number of nitrogens with zero attached hydrogens (tertiary/aromatic N) is 5. The number of nitrogens with two attached hydrogens (primary N) is 1. The first-order valence-electron chi connectivity index (χ1n) is 3.19. The van der Waals surface area contributed by atoms with Gasteiger partial charge < -0.3 is 5.73 Å². The van der Waals surface area contributed by atoms with Gasteiger partial charge in [-0.2, -0.15) is 9.78 Å². The molecule has 0 radical (unpaired) electrons. The second-order valence-electron chi connectivity index (χ2n) is 2.16. The first kappa shape index (κ1) is 6.54. The molecule has 0 aliphatic rings. The molecular weight excluding hydrogens is 156 g/mol. The molecule has 58 valence electrons. The van der Waals surface area contributed by atoms with E-state index in [9.17, 15) is 0 Å². The van der Waals surface area contributed by atoms with Crippen molar-refractivity contribution in [3.05, 3.63) is 18.0 Å². The van der Waals surface area contributed by atoms with Crippen molar-refractivity contribution in [1.29, 1.82) is 5.26 Å². The van der Waals surface area contributed by atoms with Gasteiger partial charge in [0.1, 0.15) is 11.9 Å². The largest absolute Gasteiger partial charge is 0.382 e. The van der Waals surface area contributed by atoms with Gasteiger partial charge in [0, 0.05) is 0 Å². The first-order valence-corrected chi connectivity index (χ1v) is 3.19. The average molecular weight is 160 g/mol. The van der Waals surface area contributed by atoms with Gasteiger partial charge in [-0.15, -0.1) is 15.3 Å². The number of hydrogen-bond donors (Lipinski definition) is 1. The van der Waals surface area contributed by atoms with Gasteiger partial charge in [-0.1, -0.05) is 0 Å². The molecule has 0 bridgehead atoms. The van der Waals surface area contributed by atoms with E-state index in [1.807, 2.05) is 6.07 Å². The molecule has 0 fully saturated rings. The molecule has 0 amide bonds. The lowest BCUT2D eigenvalue weighted by Crippen LogP contribution is -1.99. The van der Waals surface area contributed by atoms with Crippen LogP contribution in [0, 0.1) is 11.3 Å². The standard InChI is InChI=1S/C6H4N6/c7-3-6-10-9-5-2-1-4(8)11-12(5)6/h1-2H,(H2,8,11). The summed E-state index contributed by atoms with van der Waals surface area (Å²) < 4.78 is 1.30. The Hall–Kier alpha value is -2.16. The summed E-state index contributed by atoms with van der Waals surface area (Å²) in [6.07, 6.45) is 0. The summed E-state index contributed by atoms with van der Waals surface area (Å²) in [5.74, 6) is 0.469. The molecule has 0 saturated heterocycles. The van der Waals surface area contributed by atoms with Crippen molar-refractivity contribution in [2.75, 3.05) is 5.73 Å². The van der Waals surface area contributed by atoms with Crippen LogP contribution in [0.1, 0.15) is 5.82 Å². The molecule has 0 spiro atoms. The summed E-state index contributed by atoms with van der Waals surface area (Å²) in [5.41, 5.74) is 5.92. The molecule has 2 rings (SSSR count). The van der Waals surface area contributed by atoms with Crippen molar-refractivity contribution < 1.29 is 0 Å². The summed E-state index contributed by atoms with van der Waals surface area (Å²) >= 11 is 0. The summed E-state index contributed by atoms with van der Waals surface area (Å²) in [6.45, 7) is 0. The molecule has 0 unspecified atom stereocenters. The highest BCUT2D eigenvalue weighted by molar-refractivity contribution is 5.42. The molecule has 12 heavy (non-hydrogen) atoms. The molecular formula is C6H4N6. The number of fused-ring (bicyclic) bond motifs is 1. The molecule has 0 aliphatic carbocycles. The highest BCUT2D eigenvalue weighted by Crippen LogP contribution is 2.02. The summed E-state index contributed by atoms with van der Waals surface area (Å²) in [6, 6.07) is 5.10. The fraction of sp³-hybridized carbons (Fsp3) is 0. The maximum absolute atomic E-state index is 8.56. The number of hydrogen-bond acceptors (Lipinski definition) is 5. The van der Waals surface area contributed by atoms with Crippen LogP contribution in [-0.4, -0.2) is 19.8 Å². The van der Waals surface area contributed by atoms with Crippen LogP contribution in [0.5, 0.6) is 0 Å². The first-order chi connectivity index (χ1) is 5.81. The monoisotopic (exact) mass is 160 g/mol. The van der Waals surface area contributed by atoms with E-state index in [1.54, 1.807) is 12.1 Å². The lowest BCUT2D eigenvalue weighted by atomic mass is 10.5. The molecule has 2 N–H and O–H groups in total. The fourth-order valence-corrected chi connectivity index (χ4v) is 0.873. The summed E-state index contributed by atoms with van der Waals surface area (Å²) in [7, 11) is 0. The van der Waals surface area contributed by atoms with Crippen molar-refractivity contribution in [3.8, 4) is 6.07 Å². The van der Waals surface area contributed by atoms with Crippen molar-refractivity contribution >= 4 is 11.5 Å². The van der Waals surface area contributed by atoms with E-state index in [2.05, 4.69) is 15.3 Å². The Morgan fingerprint density at radius 3 is 3.00 bits per heavy atom. The van der Waals surface area contributed by atoms with Gasteiger partial charge in [0.05, 0.1) is 0 Å². The van der Waals surface area contributed by atoms with Crippen LogP contribution in [0.2, 0.25) is 0 Å². The van der Waals surface area contributed by atoms with Gasteiger partial charge in [-0.3, -0.25) is 0 Å². The van der Waals surface area contributed by atoms with E-state index < -0.39 is 0 Å². The van der Waals surface area contributed by atoms with Gasteiger partial charge in [-0.25, -0.2) is 0 Å². The minimum Gasteiger partial charge on any atom is -0.382 e. The minimum absolute atomic E-state index is 0.136. The van der Waals surface area contributed by atoms with Crippen LogP contribution in [0.3, 0.4) is 0 Å². The Bertz CT molecular complexity index is 464. The summed E-state index contributed by atoms with van der Waals surface area (Å²) in [5, 5.41) is 19.7. The highest BCUT2D eigenvalue weighted by atomic mass is 15.4. The van der Waals surface area contributed by atoms with E-state index in [1.165, 1.54) is 4.52 Å². The van der Waals surface area contributed by atoms with Crippen molar-refractivity contribution in [3.63, 3.8) is 0 Å². The minimum atomic E-state index is 0.136. The van der Waals surface area contributed by atoms with Gasteiger partial charge in [0.15, 0.2) is 5.65 Å². The predicted molar refractivity (Wildman–Crippen MR) is 39.9 cm³/mol. The molecule has 6 heteroatoms. The van der Waals surface area contributed by atoms with E-state index in [4.69, 9.17) is 11.0 Å². The van der Waals surface area contributed by atoms with Crippen LogP contribution in [-0.2, 0) is 0 Å². The van der Waals surface area contributed by atoms with Gasteiger partial charge in [0.2, 0.25) is 0 Å². The van der Waals surface area contributed by atoms with E-state index in [0.717, 1.165) is 0 Å². The number of nitriles is 1. The van der Waals surface area contributed by atoms with Gasteiger partial charge in [0.25, 0.3) is 5.82 Å². The Morgan fingerprint density at radius 1 is 1.42 bits per heavy atom. The van der Waals surface area contributed by atoms with Crippen LogP contribution >= 0.6 is 0 Å². The summed E-state index contributed by atoms with van der Waals surface area (Å²) in [4.78, 5) is 0. The molecule has 0 saturated carbocycles. The van der Waals surface area contributed by atoms with Gasteiger partial charge in [-0.05, 0) is 12.1 Å². The smallest absolute Gasteiger partial charge is 0.256 e. The predicted octanol–water partition coefficient (Wildman–Crippen LogP) is -0.422. The zero-order chi connectivity index (χ0) is 8.55. The third-order valence-electron chi connectivity index (χ3n) is 1.38. The average Bonchev–Trinajstić information content (AvgIpc) is 2.46. The topological polar surface area (TPSA) is 92.9 Å². The molecule has 2 heterocycles. The normalized spacial score (nSPS) is 9.92. The molecule has 0 aliphatic heterocycles. The quantitative estimate of drug-likeness (QED) is 0.564. The van der Waals surface area contributed by atoms with Crippen LogP contribution in [0.25, 0.3) is 5.65 Å². The maximum atomic E-state index is 8.56. The lowest BCUT2D eigenvalue weighted by Gasteiger charge is -1.92. The van der Waals surface area contributed by atoms with E-state index in [-0.39, 0.29) is 5.82 Å². The lowest BCUT2D eigenvalue weighted by molar-refractivity contribution is 0.913. The third kappa shape index (κ3) is 0.769. The molecule has 0 atom stereocenters. The van der Waals surface area contributed by atoms with Crippen molar-refractivity contribution in [2.24, 2.45) is 0 Å². The van der Waals surface area contributed by atoms with E-state index in [0.29, 0.717) is 11.5 Å². The number of rotatable bonds is 0. The fourth-order valence-electron chi connectivity index (χ4n) is 0.873. The van der Waals surface area contributed by atoms with Crippen LogP contribution in [0.4, 0.5) is 5.82 Å². The van der Waals surface area contributed by atoms with E-state index >= 15 is 0 Å². The Morgan fingerprint density at radius 2 is 2.25 bits per heavy atom. The SMILES string of the molecule is N#Cc1nnc2ccc(N)nn12. The number of anilines is 1. The Kier molecular flexibility index (Phi) is 1.18. The van der Waals surface area contributed by atoms with Crippen molar-refractivity contribution in [2.45, 2.75) is 0 Å². The number of aromatic nitrogens is 4. The van der Waals surface area contributed by atoms with Crippen LogP contribution < -0.4 is 5.73 Å². The zero-order valence-corrected chi connectivity index (χ0v) is 5.97. The zero-order valence-electron chi connectivity index (χ0n) is 5.97. The second kappa shape index (κ2) is 2.17.